The van der Waals surface area contributed by atoms with Crippen molar-refractivity contribution < 1.29 is 13.2 Å². The van der Waals surface area contributed by atoms with Crippen LogP contribution >= 0.6 is 0 Å². The van der Waals surface area contributed by atoms with Gasteiger partial charge in [-0.2, -0.15) is 0 Å². The molecule has 0 amide bonds. The van der Waals surface area contributed by atoms with E-state index in [1.807, 2.05) is 24.3 Å². The van der Waals surface area contributed by atoms with E-state index >= 15 is 0 Å². The maximum absolute atomic E-state index is 12.7. The predicted octanol–water partition coefficient (Wildman–Crippen LogP) is 4.62. The molecule has 138 valence electrons. The molecule has 0 radical (unpaired) electrons. The molecule has 0 spiro atoms. The highest BCUT2D eigenvalue weighted by Gasteiger charge is 2.16. The number of rotatable bonds is 5. The van der Waals surface area contributed by atoms with Gasteiger partial charge in [-0.1, -0.05) is 18.2 Å². The highest BCUT2D eigenvalue weighted by Crippen LogP contribution is 2.31. The topological polar surface area (TPSA) is 60.3 Å². The Labute approximate surface area is 158 Å². The standard InChI is InChI=1S/C21H20N2O3S/c1-3-23-20-7-5-4-6-18(20)19-14-15(8-13-21(19)23)22-27(24,25)17-11-9-16(26-2)10-12-17/h4-14,22H,3H2,1-2H3. The highest BCUT2D eigenvalue weighted by molar-refractivity contribution is 7.92. The van der Waals surface area contributed by atoms with E-state index in [0.29, 0.717) is 11.4 Å². The average molecular weight is 380 g/mol. The van der Waals surface area contributed by atoms with Gasteiger partial charge < -0.3 is 9.30 Å². The second-order valence-corrected chi connectivity index (χ2v) is 7.96. The summed E-state index contributed by atoms with van der Waals surface area (Å²) in [7, 11) is -2.13. The van der Waals surface area contributed by atoms with Crippen molar-refractivity contribution in [2.45, 2.75) is 18.4 Å². The zero-order valence-corrected chi connectivity index (χ0v) is 16.0. The van der Waals surface area contributed by atoms with E-state index in [0.717, 1.165) is 28.4 Å². The van der Waals surface area contributed by atoms with Crippen LogP contribution in [0.15, 0.2) is 71.6 Å². The van der Waals surface area contributed by atoms with E-state index in [4.69, 9.17) is 4.74 Å². The lowest BCUT2D eigenvalue weighted by Crippen LogP contribution is -2.12. The summed E-state index contributed by atoms with van der Waals surface area (Å²) in [6.45, 7) is 2.95. The number of aromatic nitrogens is 1. The molecule has 6 heteroatoms. The third-order valence-electron chi connectivity index (χ3n) is 4.71. The van der Waals surface area contributed by atoms with Crippen molar-refractivity contribution in [3.05, 3.63) is 66.7 Å². The molecule has 0 unspecified atom stereocenters. The van der Waals surface area contributed by atoms with Gasteiger partial charge in [-0.05, 0) is 55.5 Å². The molecule has 0 aliphatic heterocycles. The van der Waals surface area contributed by atoms with Gasteiger partial charge in [0.1, 0.15) is 5.75 Å². The molecule has 0 aliphatic carbocycles. The third-order valence-corrected chi connectivity index (χ3v) is 6.11. The average Bonchev–Trinajstić information content (AvgIpc) is 3.01. The van der Waals surface area contributed by atoms with Crippen molar-refractivity contribution in [3.8, 4) is 5.75 Å². The van der Waals surface area contributed by atoms with Gasteiger partial charge in [0.15, 0.2) is 0 Å². The molecule has 0 fully saturated rings. The number of sulfonamides is 1. The van der Waals surface area contributed by atoms with Crippen LogP contribution in [0.3, 0.4) is 0 Å². The Morgan fingerprint density at radius 1 is 0.926 bits per heavy atom. The second kappa shape index (κ2) is 6.63. The van der Waals surface area contributed by atoms with Crippen LogP contribution in [0, 0.1) is 0 Å². The highest BCUT2D eigenvalue weighted by atomic mass is 32.2. The van der Waals surface area contributed by atoms with Gasteiger partial charge in [0, 0.05) is 34.0 Å². The Balaban J connectivity index is 1.77. The summed E-state index contributed by atoms with van der Waals surface area (Å²) in [6, 6.07) is 20.1. The Kier molecular flexibility index (Phi) is 4.28. The van der Waals surface area contributed by atoms with Gasteiger partial charge >= 0.3 is 0 Å². The SMILES string of the molecule is CCn1c2ccccc2c2cc(NS(=O)(=O)c3ccc(OC)cc3)ccc21. The maximum atomic E-state index is 12.7. The van der Waals surface area contributed by atoms with Gasteiger partial charge in [0.05, 0.1) is 12.0 Å². The number of hydrogen-bond acceptors (Lipinski definition) is 3. The van der Waals surface area contributed by atoms with E-state index in [9.17, 15) is 8.42 Å². The minimum absolute atomic E-state index is 0.194. The van der Waals surface area contributed by atoms with Crippen LogP contribution in [-0.4, -0.2) is 20.1 Å². The van der Waals surface area contributed by atoms with Crippen LogP contribution in [0.25, 0.3) is 21.8 Å². The molecular weight excluding hydrogens is 360 g/mol. The number of nitrogens with zero attached hydrogens (tertiary/aromatic N) is 1. The Hall–Kier alpha value is -2.99. The molecule has 1 heterocycles. The largest absolute Gasteiger partial charge is 0.497 e. The first kappa shape index (κ1) is 17.4. The Bertz CT molecular complexity index is 1230. The fraction of sp³-hybridized carbons (Fsp3) is 0.143. The lowest BCUT2D eigenvalue weighted by molar-refractivity contribution is 0.414. The van der Waals surface area contributed by atoms with Crippen molar-refractivity contribution >= 4 is 37.5 Å². The molecule has 0 bridgehead atoms. The number of fused-ring (bicyclic) bond motifs is 3. The zero-order valence-electron chi connectivity index (χ0n) is 15.1. The molecule has 0 aliphatic rings. The van der Waals surface area contributed by atoms with E-state index in [2.05, 4.69) is 28.3 Å². The number of benzene rings is 3. The number of hydrogen-bond donors (Lipinski definition) is 1. The summed E-state index contributed by atoms with van der Waals surface area (Å²) in [5.74, 6) is 0.614. The zero-order chi connectivity index (χ0) is 19.0. The first-order valence-electron chi connectivity index (χ1n) is 8.71. The van der Waals surface area contributed by atoms with Gasteiger partial charge in [0.25, 0.3) is 10.0 Å². The minimum Gasteiger partial charge on any atom is -0.497 e. The summed E-state index contributed by atoms with van der Waals surface area (Å²) in [6.07, 6.45) is 0. The van der Waals surface area contributed by atoms with Crippen molar-refractivity contribution in [2.24, 2.45) is 0 Å². The summed E-state index contributed by atoms with van der Waals surface area (Å²) in [5.41, 5.74) is 2.77. The summed E-state index contributed by atoms with van der Waals surface area (Å²) in [5, 5.41) is 2.14. The minimum atomic E-state index is -3.67. The van der Waals surface area contributed by atoms with Crippen LogP contribution in [0.4, 0.5) is 5.69 Å². The van der Waals surface area contributed by atoms with Gasteiger partial charge in [-0.15, -0.1) is 0 Å². The van der Waals surface area contributed by atoms with E-state index < -0.39 is 10.0 Å². The van der Waals surface area contributed by atoms with Gasteiger partial charge in [0.2, 0.25) is 0 Å². The lowest BCUT2D eigenvalue weighted by Gasteiger charge is -2.09. The van der Waals surface area contributed by atoms with Crippen LogP contribution < -0.4 is 9.46 Å². The molecule has 5 nitrogen and oxygen atoms in total. The van der Waals surface area contributed by atoms with Crippen LogP contribution in [0.1, 0.15) is 6.92 Å². The van der Waals surface area contributed by atoms with E-state index in [1.54, 1.807) is 25.3 Å². The molecule has 1 aromatic heterocycles. The van der Waals surface area contributed by atoms with E-state index in [-0.39, 0.29) is 4.90 Å². The molecule has 0 saturated carbocycles. The monoisotopic (exact) mass is 380 g/mol. The summed E-state index contributed by atoms with van der Waals surface area (Å²) in [4.78, 5) is 0.194. The van der Waals surface area contributed by atoms with Gasteiger partial charge in [-0.3, -0.25) is 4.72 Å². The van der Waals surface area contributed by atoms with E-state index in [1.165, 1.54) is 12.1 Å². The predicted molar refractivity (Wildman–Crippen MR) is 109 cm³/mol. The van der Waals surface area contributed by atoms with Gasteiger partial charge in [-0.25, -0.2) is 8.42 Å². The Morgan fingerprint density at radius 2 is 1.63 bits per heavy atom. The fourth-order valence-electron chi connectivity index (χ4n) is 3.43. The number of anilines is 1. The van der Waals surface area contributed by atoms with Crippen molar-refractivity contribution in [1.82, 2.24) is 4.57 Å². The lowest BCUT2D eigenvalue weighted by atomic mass is 10.1. The van der Waals surface area contributed by atoms with Crippen molar-refractivity contribution in [3.63, 3.8) is 0 Å². The summed E-state index contributed by atoms with van der Waals surface area (Å²) >= 11 is 0. The molecule has 0 atom stereocenters. The second-order valence-electron chi connectivity index (χ2n) is 6.27. The number of ether oxygens (including phenoxy) is 1. The quantitative estimate of drug-likeness (QED) is 0.549. The van der Waals surface area contributed by atoms with Crippen LogP contribution in [-0.2, 0) is 16.6 Å². The van der Waals surface area contributed by atoms with Crippen LogP contribution in [0.2, 0.25) is 0 Å². The van der Waals surface area contributed by atoms with Crippen LogP contribution in [0.5, 0.6) is 5.75 Å². The first-order chi connectivity index (χ1) is 13.0. The van der Waals surface area contributed by atoms with Crippen molar-refractivity contribution in [2.75, 3.05) is 11.8 Å². The molecule has 3 aromatic carbocycles. The smallest absolute Gasteiger partial charge is 0.261 e. The maximum Gasteiger partial charge on any atom is 0.261 e. The number of aryl methyl sites for hydroxylation is 1. The molecule has 27 heavy (non-hydrogen) atoms. The molecule has 4 aromatic rings. The number of methoxy groups -OCH3 is 1. The number of nitrogens with one attached hydrogen (secondary N) is 1. The summed E-state index contributed by atoms with van der Waals surface area (Å²) < 4.78 is 35.4. The molecule has 1 N–H and O–H groups in total. The first-order valence-corrected chi connectivity index (χ1v) is 10.2. The Morgan fingerprint density at radius 3 is 2.33 bits per heavy atom. The van der Waals surface area contributed by atoms with Crippen molar-refractivity contribution in [1.29, 1.82) is 0 Å². The molecular formula is C21H20N2O3S. The fourth-order valence-corrected chi connectivity index (χ4v) is 4.48. The third kappa shape index (κ3) is 3.02. The molecule has 0 saturated heterocycles. The normalized spacial score (nSPS) is 11.8. The molecule has 4 rings (SSSR count). The number of para-hydroxylation sites is 1.